The molecule has 1 aromatic heterocycles. The van der Waals surface area contributed by atoms with Crippen molar-refractivity contribution >= 4 is 16.9 Å². The van der Waals surface area contributed by atoms with Crippen molar-refractivity contribution in [3.8, 4) is 11.1 Å². The fourth-order valence-electron chi connectivity index (χ4n) is 3.11. The summed E-state index contributed by atoms with van der Waals surface area (Å²) < 4.78 is 7.36. The van der Waals surface area contributed by atoms with E-state index < -0.39 is 0 Å². The predicted octanol–water partition coefficient (Wildman–Crippen LogP) is 3.74. The zero-order valence-corrected chi connectivity index (χ0v) is 14.3. The van der Waals surface area contributed by atoms with Gasteiger partial charge in [-0.1, -0.05) is 36.4 Å². The largest absolute Gasteiger partial charge is 0.462 e. The lowest BCUT2D eigenvalue weighted by molar-refractivity contribution is 0.0527. The molecule has 3 aromatic rings. The first-order valence-electron chi connectivity index (χ1n) is 8.15. The molecule has 1 N–H and O–H groups in total. The summed E-state index contributed by atoms with van der Waals surface area (Å²) in [4.78, 5) is 12.6. The molecule has 0 unspecified atom stereocenters. The number of fused-ring (bicyclic) bond motifs is 1. The minimum atomic E-state index is -0.265. The van der Waals surface area contributed by atoms with Gasteiger partial charge in [-0.05, 0) is 37.2 Å². The molecule has 0 spiro atoms. The van der Waals surface area contributed by atoms with Gasteiger partial charge in [0.1, 0.15) is 0 Å². The molecule has 0 bridgehead atoms. The number of carbonyl (C=O) groups is 1. The molecule has 0 radical (unpaired) electrons. The SMILES string of the molecule is CCOC(=O)c1c(CNC)n(C)c2ccc(-c3ccccc3)cc12. The molecule has 0 aliphatic rings. The monoisotopic (exact) mass is 322 g/mol. The van der Waals surface area contributed by atoms with E-state index in [4.69, 9.17) is 4.74 Å². The molecule has 0 amide bonds. The molecule has 24 heavy (non-hydrogen) atoms. The van der Waals surface area contributed by atoms with E-state index in [2.05, 4.69) is 40.2 Å². The standard InChI is InChI=1S/C20H22N2O2/c1-4-24-20(23)19-16-12-15(14-8-6-5-7-9-14)10-11-17(16)22(3)18(19)13-21-2/h5-12,21H,4,13H2,1-3H3. The van der Waals surface area contributed by atoms with E-state index in [0.717, 1.165) is 27.7 Å². The van der Waals surface area contributed by atoms with Crippen molar-refractivity contribution in [1.82, 2.24) is 9.88 Å². The zero-order chi connectivity index (χ0) is 17.1. The molecule has 0 aliphatic heterocycles. The van der Waals surface area contributed by atoms with Crippen molar-refractivity contribution in [3.05, 3.63) is 59.8 Å². The quantitative estimate of drug-likeness (QED) is 0.728. The summed E-state index contributed by atoms with van der Waals surface area (Å²) in [5.74, 6) is -0.265. The molecule has 2 aromatic carbocycles. The van der Waals surface area contributed by atoms with Crippen LogP contribution in [0.2, 0.25) is 0 Å². The van der Waals surface area contributed by atoms with E-state index in [-0.39, 0.29) is 5.97 Å². The third-order valence-electron chi connectivity index (χ3n) is 4.25. The average molecular weight is 322 g/mol. The van der Waals surface area contributed by atoms with Crippen LogP contribution in [0, 0.1) is 0 Å². The maximum atomic E-state index is 12.6. The Morgan fingerprint density at radius 3 is 2.54 bits per heavy atom. The van der Waals surface area contributed by atoms with Crippen LogP contribution in [0.25, 0.3) is 22.0 Å². The van der Waals surface area contributed by atoms with Gasteiger partial charge in [-0.15, -0.1) is 0 Å². The third kappa shape index (κ3) is 2.81. The Bertz CT molecular complexity index is 866. The van der Waals surface area contributed by atoms with Crippen LogP contribution < -0.4 is 5.32 Å². The molecule has 4 nitrogen and oxygen atoms in total. The number of hydrogen-bond donors (Lipinski definition) is 1. The Morgan fingerprint density at radius 2 is 1.88 bits per heavy atom. The Labute approximate surface area is 142 Å². The highest BCUT2D eigenvalue weighted by Gasteiger charge is 2.22. The summed E-state index contributed by atoms with van der Waals surface area (Å²) in [7, 11) is 3.86. The minimum Gasteiger partial charge on any atom is -0.462 e. The number of carbonyl (C=O) groups excluding carboxylic acids is 1. The lowest BCUT2D eigenvalue weighted by atomic mass is 10.0. The maximum Gasteiger partial charge on any atom is 0.340 e. The molecule has 124 valence electrons. The van der Waals surface area contributed by atoms with E-state index >= 15 is 0 Å². The zero-order valence-electron chi connectivity index (χ0n) is 14.3. The van der Waals surface area contributed by atoms with Crippen molar-refractivity contribution in [2.45, 2.75) is 13.5 Å². The Balaban J connectivity index is 2.23. The van der Waals surface area contributed by atoms with Crippen molar-refractivity contribution in [2.24, 2.45) is 7.05 Å². The maximum absolute atomic E-state index is 12.6. The fourth-order valence-corrected chi connectivity index (χ4v) is 3.11. The van der Waals surface area contributed by atoms with Gasteiger partial charge < -0.3 is 14.6 Å². The second-order valence-electron chi connectivity index (χ2n) is 5.73. The van der Waals surface area contributed by atoms with Gasteiger partial charge in [0.2, 0.25) is 0 Å². The summed E-state index contributed by atoms with van der Waals surface area (Å²) in [6.45, 7) is 2.81. The molecule has 0 fully saturated rings. The predicted molar refractivity (Wildman–Crippen MR) is 97.1 cm³/mol. The van der Waals surface area contributed by atoms with Gasteiger partial charge in [0.05, 0.1) is 12.2 Å². The van der Waals surface area contributed by atoms with Crippen LogP contribution in [0.3, 0.4) is 0 Å². The van der Waals surface area contributed by atoms with Crippen molar-refractivity contribution in [2.75, 3.05) is 13.7 Å². The number of aryl methyl sites for hydroxylation is 1. The van der Waals surface area contributed by atoms with Crippen LogP contribution in [0.1, 0.15) is 23.0 Å². The Kier molecular flexibility index (Phi) is 4.67. The molecule has 0 saturated carbocycles. The normalized spacial score (nSPS) is 11.0. The number of nitrogens with zero attached hydrogens (tertiary/aromatic N) is 1. The summed E-state index contributed by atoms with van der Waals surface area (Å²) in [5, 5.41) is 4.07. The van der Waals surface area contributed by atoms with Crippen molar-refractivity contribution < 1.29 is 9.53 Å². The highest BCUT2D eigenvalue weighted by atomic mass is 16.5. The minimum absolute atomic E-state index is 0.265. The number of nitrogens with one attached hydrogen (secondary N) is 1. The second-order valence-corrected chi connectivity index (χ2v) is 5.73. The molecular weight excluding hydrogens is 300 g/mol. The number of aromatic nitrogens is 1. The topological polar surface area (TPSA) is 43.3 Å². The second kappa shape index (κ2) is 6.89. The highest BCUT2D eigenvalue weighted by molar-refractivity contribution is 6.07. The molecular formula is C20H22N2O2. The van der Waals surface area contributed by atoms with Crippen molar-refractivity contribution in [1.29, 1.82) is 0 Å². The first-order valence-corrected chi connectivity index (χ1v) is 8.15. The molecule has 1 heterocycles. The number of rotatable bonds is 5. The Hall–Kier alpha value is -2.59. The molecule has 0 saturated heterocycles. The summed E-state index contributed by atoms with van der Waals surface area (Å²) in [6.07, 6.45) is 0. The van der Waals surface area contributed by atoms with Crippen LogP contribution in [0.5, 0.6) is 0 Å². The molecule has 3 rings (SSSR count). The smallest absolute Gasteiger partial charge is 0.340 e. The average Bonchev–Trinajstić information content (AvgIpc) is 2.88. The Morgan fingerprint density at radius 1 is 1.12 bits per heavy atom. The van der Waals surface area contributed by atoms with Gasteiger partial charge in [-0.25, -0.2) is 4.79 Å². The van der Waals surface area contributed by atoms with Crippen LogP contribution in [-0.4, -0.2) is 24.2 Å². The number of hydrogen-bond acceptors (Lipinski definition) is 3. The fraction of sp³-hybridized carbons (Fsp3) is 0.250. The van der Waals surface area contributed by atoms with Gasteiger partial charge in [0.15, 0.2) is 0 Å². The molecule has 0 aliphatic carbocycles. The van der Waals surface area contributed by atoms with Gasteiger partial charge in [0, 0.05) is 30.2 Å². The summed E-state index contributed by atoms with van der Waals surface area (Å²) >= 11 is 0. The lowest BCUT2D eigenvalue weighted by Crippen LogP contribution is -2.14. The van der Waals surface area contributed by atoms with Crippen LogP contribution >= 0.6 is 0 Å². The molecule has 4 heteroatoms. The van der Waals surface area contributed by atoms with Crippen molar-refractivity contribution in [3.63, 3.8) is 0 Å². The number of ether oxygens (including phenoxy) is 1. The van der Waals surface area contributed by atoms with Crippen LogP contribution in [0.4, 0.5) is 0 Å². The summed E-state index contributed by atoms with van der Waals surface area (Å²) in [5.41, 5.74) is 4.85. The number of benzene rings is 2. The van der Waals surface area contributed by atoms with Crippen LogP contribution in [0.15, 0.2) is 48.5 Å². The van der Waals surface area contributed by atoms with Gasteiger partial charge in [-0.3, -0.25) is 0 Å². The van der Waals surface area contributed by atoms with Gasteiger partial charge >= 0.3 is 5.97 Å². The lowest BCUT2D eigenvalue weighted by Gasteiger charge is -2.06. The molecule has 0 atom stereocenters. The highest BCUT2D eigenvalue weighted by Crippen LogP contribution is 2.31. The number of esters is 1. The summed E-state index contributed by atoms with van der Waals surface area (Å²) in [6, 6.07) is 16.4. The van der Waals surface area contributed by atoms with Gasteiger partial charge in [-0.2, -0.15) is 0 Å². The van der Waals surface area contributed by atoms with E-state index in [1.165, 1.54) is 0 Å². The van der Waals surface area contributed by atoms with E-state index in [1.54, 1.807) is 0 Å². The van der Waals surface area contributed by atoms with Gasteiger partial charge in [0.25, 0.3) is 0 Å². The van der Waals surface area contributed by atoms with E-state index in [1.807, 2.05) is 39.2 Å². The first-order chi connectivity index (χ1) is 11.7. The van der Waals surface area contributed by atoms with E-state index in [9.17, 15) is 4.79 Å². The first kappa shape index (κ1) is 16.3. The van der Waals surface area contributed by atoms with E-state index in [0.29, 0.717) is 18.7 Å². The van der Waals surface area contributed by atoms with Crippen LogP contribution in [-0.2, 0) is 18.3 Å². The third-order valence-corrected chi connectivity index (χ3v) is 4.25.